The zero-order valence-electron chi connectivity index (χ0n) is 35.7. The normalized spacial score (nSPS) is 11.9. The van der Waals surface area contributed by atoms with Crippen molar-refractivity contribution in [3.8, 4) is 23.4 Å². The molecule has 2 aromatic heterocycles. The van der Waals surface area contributed by atoms with E-state index in [4.69, 9.17) is 0 Å². The number of azo groups is 1. The molecule has 0 spiro atoms. The predicted molar refractivity (Wildman–Crippen MR) is 257 cm³/mol. The number of nitriles is 2. The fourth-order valence-corrected chi connectivity index (χ4v) is 9.18. The molecule has 9 N–H and O–H groups in total. The van der Waals surface area contributed by atoms with E-state index in [1.165, 1.54) is 54.6 Å². The van der Waals surface area contributed by atoms with Crippen molar-refractivity contribution in [1.82, 2.24) is 9.97 Å². The number of carbonyl (C=O) groups is 1. The summed E-state index contributed by atoms with van der Waals surface area (Å²) in [5, 5.41) is 37.5. The summed E-state index contributed by atoms with van der Waals surface area (Å²) in [5.41, 5.74) is 7.54. The molecule has 0 saturated carbocycles. The third kappa shape index (κ3) is 12.1. The number of aromatic nitrogens is 2. The summed E-state index contributed by atoms with van der Waals surface area (Å²) in [6.07, 6.45) is 0. The van der Waals surface area contributed by atoms with Gasteiger partial charge in [0.05, 0.1) is 30.7 Å². The average Bonchev–Trinajstić information content (AvgIpc) is 3.73. The van der Waals surface area contributed by atoms with Gasteiger partial charge in [0, 0.05) is 28.2 Å². The van der Waals surface area contributed by atoms with Crippen molar-refractivity contribution < 1.29 is 56.7 Å². The molecule has 0 aliphatic carbocycles. The Morgan fingerprint density at radius 3 is 1.65 bits per heavy atom. The minimum atomic E-state index is -5.01. The van der Waals surface area contributed by atoms with E-state index in [9.17, 15) is 67.2 Å². The number of rotatable bonds is 16. The van der Waals surface area contributed by atoms with E-state index < -0.39 is 66.6 Å². The summed E-state index contributed by atoms with van der Waals surface area (Å²) in [4.78, 5) is 19.8. The third-order valence-electron chi connectivity index (χ3n) is 9.72. The molecule has 0 saturated heterocycles. The van der Waals surface area contributed by atoms with Crippen LogP contribution in [0.4, 0.5) is 50.2 Å². The lowest BCUT2D eigenvalue weighted by Crippen LogP contribution is -2.14. The molecule has 7 aromatic rings. The van der Waals surface area contributed by atoms with Gasteiger partial charge in [-0.1, -0.05) is 35.6 Å². The fourth-order valence-electron chi connectivity index (χ4n) is 6.28. The number of thiazole rings is 1. The van der Waals surface area contributed by atoms with Gasteiger partial charge in [-0.3, -0.25) is 33.9 Å². The van der Waals surface area contributed by atoms with Gasteiger partial charge in [-0.25, -0.2) is 9.97 Å². The maximum Gasteiger partial charge on any atom is 0.294 e. The predicted octanol–water partition coefficient (Wildman–Crippen LogP) is 7.84. The van der Waals surface area contributed by atoms with E-state index in [0.717, 1.165) is 35.6 Å². The van der Waals surface area contributed by atoms with E-state index >= 15 is 0 Å². The van der Waals surface area contributed by atoms with Crippen molar-refractivity contribution in [1.29, 1.82) is 10.5 Å². The van der Waals surface area contributed by atoms with Crippen LogP contribution in [0.15, 0.2) is 145 Å². The van der Waals surface area contributed by atoms with Gasteiger partial charge in [0.2, 0.25) is 5.13 Å². The van der Waals surface area contributed by atoms with E-state index in [1.54, 1.807) is 25.1 Å². The zero-order chi connectivity index (χ0) is 51.5. The van der Waals surface area contributed by atoms with Crippen molar-refractivity contribution >= 4 is 108 Å². The maximum absolute atomic E-state index is 13.2. The highest BCUT2D eigenvalue weighted by atomic mass is 32.2. The first-order valence-electron chi connectivity index (χ1n) is 19.5. The highest BCUT2D eigenvalue weighted by Gasteiger charge is 2.23. The van der Waals surface area contributed by atoms with Gasteiger partial charge in [-0.2, -0.15) is 44.2 Å². The van der Waals surface area contributed by atoms with Crippen LogP contribution in [0, 0.1) is 29.6 Å². The second-order valence-electron chi connectivity index (χ2n) is 14.5. The van der Waals surface area contributed by atoms with Crippen LogP contribution >= 0.6 is 11.3 Å². The van der Waals surface area contributed by atoms with Gasteiger partial charge in [0.25, 0.3) is 46.4 Å². The number of hydrogen-bond donors (Lipinski definition) is 9. The molecule has 71 heavy (non-hydrogen) atoms. The molecule has 0 unspecified atom stereocenters. The molecule has 2 heterocycles. The number of amides is 1. The second kappa shape index (κ2) is 20.0. The first kappa shape index (κ1) is 50.6. The summed E-state index contributed by atoms with van der Waals surface area (Å²) in [5.74, 6) is -0.998. The van der Waals surface area contributed by atoms with Gasteiger partial charge < -0.3 is 16.0 Å². The molecule has 362 valence electrons. The quantitative estimate of drug-likeness (QED) is 0.0253. The third-order valence-corrected chi connectivity index (χ3v) is 14.0. The van der Waals surface area contributed by atoms with Gasteiger partial charge in [0.1, 0.15) is 29.2 Å². The summed E-state index contributed by atoms with van der Waals surface area (Å²) in [6, 6.07) is 28.1. The number of nitrogens with one attached hydrogen (secondary N) is 5. The zero-order valence-corrected chi connectivity index (χ0v) is 39.7. The number of pyridine rings is 1. The minimum absolute atomic E-state index is 0.00286. The van der Waals surface area contributed by atoms with Crippen LogP contribution in [0.25, 0.3) is 11.3 Å². The van der Waals surface area contributed by atoms with Crippen LogP contribution in [-0.4, -0.2) is 67.8 Å². The highest BCUT2D eigenvalue weighted by Crippen LogP contribution is 2.41. The van der Waals surface area contributed by atoms with E-state index in [-0.39, 0.29) is 77.5 Å². The number of benzene rings is 5. The summed E-state index contributed by atoms with van der Waals surface area (Å²) < 4.78 is 132. The Morgan fingerprint density at radius 1 is 0.606 bits per heavy atom. The van der Waals surface area contributed by atoms with Crippen molar-refractivity contribution in [3.63, 3.8) is 0 Å². The number of carbonyl (C=O) groups excluding carboxylic acids is 1. The molecule has 1 amide bonds. The Hall–Kier alpha value is -8.23. The smallest absolute Gasteiger partial charge is 0.294 e. The molecule has 5 aromatic carbocycles. The van der Waals surface area contributed by atoms with E-state index in [0.29, 0.717) is 23.8 Å². The topological polar surface area (TPSA) is 393 Å². The SMILES string of the molecule is Cc1c(C#N)c(Nc2ccc(S(=O)(=O)O)cc2)nc(Nc2ccc(S(=O)(=O)O)cc2)c1NNc1nc(-c2ccc(NC(=O)c3cc(S(=O)(=O)O)cc(S(=O)(=O)O)c3)cc2)c(N=Nc2ccccc2C#N)s1. The number of nitrogens with zero attached hydrogens (tertiary/aromatic N) is 6. The second-order valence-corrected chi connectivity index (χ2v) is 21.1. The number of hydrazine groups is 1. The molecule has 29 heteroatoms. The largest absolute Gasteiger partial charge is 0.339 e. The van der Waals surface area contributed by atoms with Gasteiger partial charge in [-0.15, -0.1) is 10.2 Å². The van der Waals surface area contributed by atoms with Gasteiger partial charge in [0.15, 0.2) is 16.6 Å². The summed E-state index contributed by atoms with van der Waals surface area (Å²) in [6.45, 7) is 1.57. The van der Waals surface area contributed by atoms with E-state index in [2.05, 4.69) is 53.1 Å². The maximum atomic E-state index is 13.2. The van der Waals surface area contributed by atoms with Crippen molar-refractivity contribution in [2.24, 2.45) is 10.2 Å². The molecular formula is C42H31N11O13S5. The van der Waals surface area contributed by atoms with Gasteiger partial charge >= 0.3 is 0 Å². The number of hydrogen-bond acceptors (Lipinski definition) is 20. The lowest BCUT2D eigenvalue weighted by molar-refractivity contribution is 0.102. The lowest BCUT2D eigenvalue weighted by Gasteiger charge is -2.19. The van der Waals surface area contributed by atoms with Crippen LogP contribution in [0.3, 0.4) is 0 Å². The monoisotopic (exact) mass is 1060 g/mol. The molecule has 7 rings (SSSR count). The molecule has 0 bridgehead atoms. The molecule has 0 radical (unpaired) electrons. The van der Waals surface area contributed by atoms with Crippen LogP contribution < -0.4 is 26.8 Å². The number of anilines is 7. The molecular weight excluding hydrogens is 1030 g/mol. The molecule has 0 fully saturated rings. The van der Waals surface area contributed by atoms with Crippen LogP contribution in [0.5, 0.6) is 0 Å². The summed E-state index contributed by atoms with van der Waals surface area (Å²) in [7, 11) is -19.1. The Balaban J connectivity index is 1.24. The Kier molecular flexibility index (Phi) is 14.3. The summed E-state index contributed by atoms with van der Waals surface area (Å²) >= 11 is 0.966. The molecule has 24 nitrogen and oxygen atoms in total. The van der Waals surface area contributed by atoms with Crippen LogP contribution in [0.1, 0.15) is 27.0 Å². The lowest BCUT2D eigenvalue weighted by atomic mass is 10.1. The Bertz CT molecular complexity index is 3790. The van der Waals surface area contributed by atoms with Crippen molar-refractivity contribution in [2.45, 2.75) is 26.5 Å². The van der Waals surface area contributed by atoms with Crippen LogP contribution in [-0.2, 0) is 40.5 Å². The van der Waals surface area contributed by atoms with Crippen LogP contribution in [0.2, 0.25) is 0 Å². The van der Waals surface area contributed by atoms with Crippen molar-refractivity contribution in [2.75, 3.05) is 26.8 Å². The van der Waals surface area contributed by atoms with Crippen molar-refractivity contribution in [3.05, 3.63) is 138 Å². The molecule has 0 aliphatic rings. The highest BCUT2D eigenvalue weighted by molar-refractivity contribution is 7.87. The molecule has 0 aliphatic heterocycles. The Morgan fingerprint density at radius 2 is 1.13 bits per heavy atom. The fraction of sp³-hybridized carbons (Fsp3) is 0.0238. The van der Waals surface area contributed by atoms with E-state index in [1.807, 2.05) is 6.07 Å². The molecule has 0 atom stereocenters. The standard InChI is InChI=1S/C42H31N11O13S5/c1-23-34(22-44)38(45-27-10-14-30(15-11-27)68(55,56)57)49-39(46-28-12-16-31(17-13-28)69(58,59)60)36(23)51-53-42-48-37(41(67-42)52-50-35-5-3-2-4-25(35)21-43)24-6-8-29(9-7-24)47-40(54)26-18-32(70(61,62)63)20-33(19-26)71(64,65)66/h2-20,51H,1H3,(H,47,54)(H,48,53)(H2,45,46,49)(H,55,56,57)(H,58,59,60)(H,61,62,63)(H,64,65,66). The minimum Gasteiger partial charge on any atom is -0.339 e. The first-order chi connectivity index (χ1) is 33.4. The average molecular weight is 1060 g/mol. The van der Waals surface area contributed by atoms with Gasteiger partial charge in [-0.05, 0) is 103 Å². The Labute approximate surface area is 407 Å². The first-order valence-corrected chi connectivity index (χ1v) is 26.1.